The van der Waals surface area contributed by atoms with Gasteiger partial charge in [0, 0.05) is 12.6 Å². The molecule has 2 aliphatic carbocycles. The average molecular weight is 225 g/mol. The van der Waals surface area contributed by atoms with Crippen LogP contribution in [0.2, 0.25) is 0 Å². The summed E-state index contributed by atoms with van der Waals surface area (Å²) in [6, 6.07) is 0.678. The number of nitrogens with one attached hydrogen (secondary N) is 1. The van der Waals surface area contributed by atoms with Gasteiger partial charge in [-0.3, -0.25) is 0 Å². The highest BCUT2D eigenvalue weighted by atomic mass is 16.5. The second-order valence-electron chi connectivity index (χ2n) is 5.67. The van der Waals surface area contributed by atoms with Gasteiger partial charge in [-0.05, 0) is 32.1 Å². The number of hydrogen-bond donors (Lipinski definition) is 1. The second-order valence-corrected chi connectivity index (χ2v) is 5.67. The SMILES string of the molecule is CC(CC1CCC1)NCCOC1CCCC1. The number of rotatable bonds is 7. The van der Waals surface area contributed by atoms with Crippen LogP contribution < -0.4 is 5.32 Å². The summed E-state index contributed by atoms with van der Waals surface area (Å²) in [4.78, 5) is 0. The molecule has 2 heteroatoms. The van der Waals surface area contributed by atoms with E-state index in [0.29, 0.717) is 12.1 Å². The summed E-state index contributed by atoms with van der Waals surface area (Å²) in [5.41, 5.74) is 0. The van der Waals surface area contributed by atoms with E-state index in [9.17, 15) is 0 Å². The molecule has 1 atom stereocenters. The van der Waals surface area contributed by atoms with Crippen molar-refractivity contribution in [3.63, 3.8) is 0 Å². The Hall–Kier alpha value is -0.0800. The minimum atomic E-state index is 0.573. The molecule has 0 aromatic rings. The first-order valence-electron chi connectivity index (χ1n) is 7.19. The fraction of sp³-hybridized carbons (Fsp3) is 1.00. The predicted molar refractivity (Wildman–Crippen MR) is 67.6 cm³/mol. The molecular weight excluding hydrogens is 198 g/mol. The summed E-state index contributed by atoms with van der Waals surface area (Å²) >= 11 is 0. The van der Waals surface area contributed by atoms with Crippen molar-refractivity contribution in [2.75, 3.05) is 13.2 Å². The van der Waals surface area contributed by atoms with Gasteiger partial charge in [0.2, 0.25) is 0 Å². The second kappa shape index (κ2) is 6.61. The van der Waals surface area contributed by atoms with Crippen LogP contribution >= 0.6 is 0 Å². The quantitative estimate of drug-likeness (QED) is 0.672. The standard InChI is InChI=1S/C14H27NO/c1-12(11-13-5-4-6-13)15-9-10-16-14-7-2-3-8-14/h12-15H,2-11H2,1H3. The van der Waals surface area contributed by atoms with Crippen LogP contribution in [-0.2, 0) is 4.74 Å². The van der Waals surface area contributed by atoms with Crippen LogP contribution in [0, 0.1) is 5.92 Å². The van der Waals surface area contributed by atoms with Gasteiger partial charge in [-0.15, -0.1) is 0 Å². The third-order valence-corrected chi connectivity index (χ3v) is 4.16. The molecule has 0 saturated heterocycles. The Balaban J connectivity index is 1.43. The van der Waals surface area contributed by atoms with Gasteiger partial charge < -0.3 is 10.1 Å². The zero-order valence-corrected chi connectivity index (χ0v) is 10.7. The molecule has 0 spiro atoms. The molecule has 0 aliphatic heterocycles. The summed E-state index contributed by atoms with van der Waals surface area (Å²) in [5, 5.41) is 3.58. The predicted octanol–water partition coefficient (Wildman–Crippen LogP) is 3.11. The van der Waals surface area contributed by atoms with Crippen molar-refractivity contribution in [2.45, 2.75) is 70.4 Å². The maximum absolute atomic E-state index is 5.84. The monoisotopic (exact) mass is 225 g/mol. The number of ether oxygens (including phenoxy) is 1. The van der Waals surface area contributed by atoms with Crippen molar-refractivity contribution in [1.29, 1.82) is 0 Å². The molecule has 0 bridgehead atoms. The first kappa shape index (κ1) is 12.4. The Labute approximate surface area is 100 Å². The summed E-state index contributed by atoms with van der Waals surface area (Å²) in [6.07, 6.45) is 11.6. The van der Waals surface area contributed by atoms with E-state index in [1.807, 2.05) is 0 Å². The van der Waals surface area contributed by atoms with Crippen molar-refractivity contribution in [1.82, 2.24) is 5.32 Å². The normalized spacial score (nSPS) is 24.6. The molecule has 0 heterocycles. The molecule has 0 amide bonds. The first-order chi connectivity index (χ1) is 7.84. The molecule has 0 radical (unpaired) electrons. The van der Waals surface area contributed by atoms with Gasteiger partial charge in [0.15, 0.2) is 0 Å². The highest BCUT2D eigenvalue weighted by Gasteiger charge is 2.19. The smallest absolute Gasteiger partial charge is 0.0594 e. The molecular formula is C14H27NO. The molecule has 1 unspecified atom stereocenters. The van der Waals surface area contributed by atoms with E-state index in [4.69, 9.17) is 4.74 Å². The Bertz CT molecular complexity index is 185. The largest absolute Gasteiger partial charge is 0.377 e. The third kappa shape index (κ3) is 4.06. The molecule has 0 aromatic heterocycles. The van der Waals surface area contributed by atoms with Crippen LogP contribution in [0.5, 0.6) is 0 Å². The van der Waals surface area contributed by atoms with Gasteiger partial charge in [0.05, 0.1) is 12.7 Å². The molecule has 0 aromatic carbocycles. The van der Waals surface area contributed by atoms with Gasteiger partial charge in [-0.1, -0.05) is 32.1 Å². The van der Waals surface area contributed by atoms with E-state index < -0.39 is 0 Å². The van der Waals surface area contributed by atoms with Crippen LogP contribution in [0.15, 0.2) is 0 Å². The van der Waals surface area contributed by atoms with Gasteiger partial charge in [-0.2, -0.15) is 0 Å². The minimum Gasteiger partial charge on any atom is -0.377 e. The molecule has 2 fully saturated rings. The fourth-order valence-electron chi connectivity index (χ4n) is 2.90. The average Bonchev–Trinajstić information content (AvgIpc) is 2.71. The van der Waals surface area contributed by atoms with Crippen molar-refractivity contribution in [3.05, 3.63) is 0 Å². The topological polar surface area (TPSA) is 21.3 Å². The summed E-state index contributed by atoms with van der Waals surface area (Å²) in [6.45, 7) is 4.25. The van der Waals surface area contributed by atoms with Gasteiger partial charge >= 0.3 is 0 Å². The summed E-state index contributed by atoms with van der Waals surface area (Å²) < 4.78 is 5.84. The highest BCUT2D eigenvalue weighted by Crippen LogP contribution is 2.30. The lowest BCUT2D eigenvalue weighted by molar-refractivity contribution is 0.0587. The van der Waals surface area contributed by atoms with Crippen LogP contribution in [0.1, 0.15) is 58.3 Å². The first-order valence-corrected chi connectivity index (χ1v) is 7.19. The molecule has 2 nitrogen and oxygen atoms in total. The van der Waals surface area contributed by atoms with Crippen molar-refractivity contribution in [2.24, 2.45) is 5.92 Å². The molecule has 94 valence electrons. The maximum atomic E-state index is 5.84. The zero-order chi connectivity index (χ0) is 11.2. The minimum absolute atomic E-state index is 0.573. The summed E-state index contributed by atoms with van der Waals surface area (Å²) in [5.74, 6) is 1.01. The molecule has 2 rings (SSSR count). The summed E-state index contributed by atoms with van der Waals surface area (Å²) in [7, 11) is 0. The van der Waals surface area contributed by atoms with Crippen LogP contribution in [0.25, 0.3) is 0 Å². The lowest BCUT2D eigenvalue weighted by Crippen LogP contribution is -2.33. The van der Waals surface area contributed by atoms with Crippen LogP contribution in [-0.4, -0.2) is 25.3 Å². The van der Waals surface area contributed by atoms with Gasteiger partial charge in [0.25, 0.3) is 0 Å². The van der Waals surface area contributed by atoms with E-state index in [-0.39, 0.29) is 0 Å². The van der Waals surface area contributed by atoms with E-state index >= 15 is 0 Å². The highest BCUT2D eigenvalue weighted by molar-refractivity contribution is 4.74. The fourth-order valence-corrected chi connectivity index (χ4v) is 2.90. The zero-order valence-electron chi connectivity index (χ0n) is 10.7. The Morgan fingerprint density at radius 2 is 1.88 bits per heavy atom. The maximum Gasteiger partial charge on any atom is 0.0594 e. The Kier molecular flexibility index (Phi) is 5.11. The third-order valence-electron chi connectivity index (χ3n) is 4.16. The molecule has 16 heavy (non-hydrogen) atoms. The van der Waals surface area contributed by atoms with Crippen molar-refractivity contribution in [3.8, 4) is 0 Å². The Morgan fingerprint density at radius 3 is 2.50 bits per heavy atom. The van der Waals surface area contributed by atoms with Gasteiger partial charge in [-0.25, -0.2) is 0 Å². The lowest BCUT2D eigenvalue weighted by Gasteiger charge is -2.28. The van der Waals surface area contributed by atoms with E-state index in [1.165, 1.54) is 51.4 Å². The van der Waals surface area contributed by atoms with E-state index in [1.54, 1.807) is 0 Å². The number of hydrogen-bond acceptors (Lipinski definition) is 2. The van der Waals surface area contributed by atoms with Gasteiger partial charge in [0.1, 0.15) is 0 Å². The molecule has 1 N–H and O–H groups in total. The molecule has 2 aliphatic rings. The molecule has 2 saturated carbocycles. The van der Waals surface area contributed by atoms with Crippen molar-refractivity contribution < 1.29 is 4.74 Å². The van der Waals surface area contributed by atoms with E-state index in [2.05, 4.69) is 12.2 Å². The van der Waals surface area contributed by atoms with Crippen LogP contribution in [0.4, 0.5) is 0 Å². The Morgan fingerprint density at radius 1 is 1.12 bits per heavy atom. The van der Waals surface area contributed by atoms with Crippen molar-refractivity contribution >= 4 is 0 Å². The van der Waals surface area contributed by atoms with Crippen LogP contribution in [0.3, 0.4) is 0 Å². The lowest BCUT2D eigenvalue weighted by atomic mass is 9.81. The van der Waals surface area contributed by atoms with E-state index in [0.717, 1.165) is 19.1 Å².